The number of hydrogen-bond acceptors (Lipinski definition) is 6. The van der Waals surface area contributed by atoms with Crippen molar-refractivity contribution < 1.29 is 9.53 Å². The smallest absolute Gasteiger partial charge is 0.265 e. The van der Waals surface area contributed by atoms with Gasteiger partial charge in [-0.3, -0.25) is 4.79 Å². The van der Waals surface area contributed by atoms with Crippen LogP contribution in [0.1, 0.15) is 49.6 Å². The van der Waals surface area contributed by atoms with E-state index >= 15 is 0 Å². The van der Waals surface area contributed by atoms with Crippen LogP contribution in [0, 0.1) is 32.1 Å². The number of hydrogen-bond donors (Lipinski definition) is 3. The molecule has 8 heteroatoms. The van der Waals surface area contributed by atoms with Gasteiger partial charge >= 0.3 is 0 Å². The largest absolute Gasteiger partial charge is 0.380 e. The molecule has 1 amide bonds. The van der Waals surface area contributed by atoms with Crippen LogP contribution in [0.15, 0.2) is 6.07 Å². The number of thiophene rings is 1. The molecule has 0 fully saturated rings. The van der Waals surface area contributed by atoms with Crippen molar-refractivity contribution in [2.75, 3.05) is 12.4 Å². The summed E-state index contributed by atoms with van der Waals surface area (Å²) in [5, 5.41) is 16.7. The van der Waals surface area contributed by atoms with Crippen molar-refractivity contribution in [2.45, 2.75) is 33.5 Å². The van der Waals surface area contributed by atoms with Crippen molar-refractivity contribution in [2.24, 2.45) is 0 Å². The molecule has 1 aliphatic rings. The number of aryl methyl sites for hydroxylation is 2. The molecule has 0 saturated carbocycles. The molecule has 1 aliphatic heterocycles. The number of fused-ring (bicyclic) bond motifs is 3. The first-order valence-corrected chi connectivity index (χ1v) is 9.34. The number of pyridine rings is 1. The minimum atomic E-state index is -0.419. The molecule has 0 saturated heterocycles. The fourth-order valence-electron chi connectivity index (χ4n) is 3.71. The Balaban J connectivity index is 1.88. The average molecular weight is 381 g/mol. The molecule has 4 rings (SSSR count). The zero-order valence-corrected chi connectivity index (χ0v) is 16.3. The molecule has 0 aliphatic carbocycles. The van der Waals surface area contributed by atoms with E-state index in [-0.39, 0.29) is 5.91 Å². The van der Waals surface area contributed by atoms with Crippen molar-refractivity contribution >= 4 is 33.1 Å². The number of ether oxygens (including phenoxy) is 1. The third-order valence-electron chi connectivity index (χ3n) is 4.84. The molecule has 0 spiro atoms. The molecular formula is C19H19N5O2S. The van der Waals surface area contributed by atoms with Crippen LogP contribution in [0.2, 0.25) is 0 Å². The Morgan fingerprint density at radius 1 is 1.33 bits per heavy atom. The average Bonchev–Trinajstić information content (AvgIpc) is 3.12. The van der Waals surface area contributed by atoms with Gasteiger partial charge in [0.2, 0.25) is 0 Å². The first-order chi connectivity index (χ1) is 12.9. The van der Waals surface area contributed by atoms with E-state index < -0.39 is 6.17 Å². The van der Waals surface area contributed by atoms with Crippen LogP contribution in [0.25, 0.3) is 10.2 Å². The quantitative estimate of drug-likeness (QED) is 0.645. The molecule has 1 unspecified atom stereocenters. The molecule has 0 bridgehead atoms. The third kappa shape index (κ3) is 2.67. The van der Waals surface area contributed by atoms with Crippen LogP contribution in [-0.2, 0) is 11.3 Å². The molecule has 0 radical (unpaired) electrons. The number of amides is 1. The highest BCUT2D eigenvalue weighted by molar-refractivity contribution is 7.21. The predicted octanol–water partition coefficient (Wildman–Crippen LogP) is 3.42. The first kappa shape index (κ1) is 17.5. The van der Waals surface area contributed by atoms with E-state index in [1.54, 1.807) is 7.11 Å². The second-order valence-corrected chi connectivity index (χ2v) is 7.67. The number of aromatic nitrogens is 2. The van der Waals surface area contributed by atoms with Gasteiger partial charge < -0.3 is 20.4 Å². The Morgan fingerprint density at radius 3 is 2.78 bits per heavy atom. The maximum atomic E-state index is 12.8. The summed E-state index contributed by atoms with van der Waals surface area (Å²) in [5.74, 6) is -0.142. The zero-order chi connectivity index (χ0) is 19.3. The Morgan fingerprint density at radius 2 is 2.11 bits per heavy atom. The summed E-state index contributed by atoms with van der Waals surface area (Å²) in [5.41, 5.74) is 5.76. The van der Waals surface area contributed by atoms with Gasteiger partial charge in [0.15, 0.2) is 0 Å². The Kier molecular flexibility index (Phi) is 4.13. The molecule has 3 aromatic rings. The summed E-state index contributed by atoms with van der Waals surface area (Å²) in [6.45, 7) is 6.16. The second kappa shape index (κ2) is 6.37. The van der Waals surface area contributed by atoms with Crippen molar-refractivity contribution in [3.8, 4) is 6.07 Å². The lowest BCUT2D eigenvalue weighted by atomic mass is 10.0. The normalized spacial score (nSPS) is 16.0. The number of H-pyrrole nitrogens is 1. The summed E-state index contributed by atoms with van der Waals surface area (Å²) < 4.78 is 5.35. The SMILES string of the molecule is COCc1cc(C)nc2sc3c(c12)NC(c1c(C)[nH]c(C#N)c1C)NC3=O. The number of rotatable bonds is 3. The van der Waals surface area contributed by atoms with Crippen molar-refractivity contribution in [3.05, 3.63) is 44.7 Å². The van der Waals surface area contributed by atoms with Crippen molar-refractivity contribution in [3.63, 3.8) is 0 Å². The summed E-state index contributed by atoms with van der Waals surface area (Å²) in [6.07, 6.45) is -0.419. The van der Waals surface area contributed by atoms with Gasteiger partial charge in [0.25, 0.3) is 5.91 Å². The predicted molar refractivity (Wildman–Crippen MR) is 104 cm³/mol. The summed E-state index contributed by atoms with van der Waals surface area (Å²) in [6, 6.07) is 4.15. The molecule has 138 valence electrons. The maximum absolute atomic E-state index is 12.8. The van der Waals surface area contributed by atoms with Gasteiger partial charge in [-0.15, -0.1) is 11.3 Å². The van der Waals surface area contributed by atoms with Crippen molar-refractivity contribution in [1.29, 1.82) is 5.26 Å². The van der Waals surface area contributed by atoms with Gasteiger partial charge in [-0.05, 0) is 38.0 Å². The number of aromatic amines is 1. The van der Waals surface area contributed by atoms with Gasteiger partial charge in [0, 0.05) is 29.4 Å². The van der Waals surface area contributed by atoms with Gasteiger partial charge in [-0.1, -0.05) is 0 Å². The highest BCUT2D eigenvalue weighted by atomic mass is 32.1. The molecule has 4 heterocycles. The molecular weight excluding hydrogens is 362 g/mol. The third-order valence-corrected chi connectivity index (χ3v) is 5.92. The standard InChI is InChI=1S/C19H19N5O2S/c1-8-5-11(7-26-4)14-15-16(27-19(14)21-8)18(25)24-17(23-15)13-9(2)12(6-20)22-10(13)3/h5,17,22-23H,7H2,1-4H3,(H,24,25). The summed E-state index contributed by atoms with van der Waals surface area (Å²) in [7, 11) is 1.65. The lowest BCUT2D eigenvalue weighted by Crippen LogP contribution is -2.38. The fraction of sp³-hybridized carbons (Fsp3) is 0.316. The fourth-order valence-corrected chi connectivity index (χ4v) is 4.84. The lowest BCUT2D eigenvalue weighted by molar-refractivity contribution is 0.0940. The number of nitriles is 1. The van der Waals surface area contributed by atoms with Crippen LogP contribution >= 0.6 is 11.3 Å². The molecule has 3 aromatic heterocycles. The van der Waals surface area contributed by atoms with Crippen LogP contribution in [0.5, 0.6) is 0 Å². The highest BCUT2D eigenvalue weighted by Gasteiger charge is 2.32. The molecule has 27 heavy (non-hydrogen) atoms. The van der Waals surface area contributed by atoms with Gasteiger partial charge in [0.05, 0.1) is 12.3 Å². The van der Waals surface area contributed by atoms with E-state index in [4.69, 9.17) is 4.74 Å². The van der Waals surface area contributed by atoms with E-state index in [2.05, 4.69) is 26.7 Å². The van der Waals surface area contributed by atoms with Crippen LogP contribution in [0.3, 0.4) is 0 Å². The second-order valence-electron chi connectivity index (χ2n) is 6.67. The maximum Gasteiger partial charge on any atom is 0.265 e. The molecule has 7 nitrogen and oxygen atoms in total. The van der Waals surface area contributed by atoms with E-state index in [0.29, 0.717) is 17.2 Å². The number of nitrogens with zero attached hydrogens (tertiary/aromatic N) is 2. The first-order valence-electron chi connectivity index (χ1n) is 8.53. The highest BCUT2D eigenvalue weighted by Crippen LogP contribution is 2.42. The van der Waals surface area contributed by atoms with Gasteiger partial charge in [0.1, 0.15) is 27.6 Å². The molecule has 3 N–H and O–H groups in total. The number of methoxy groups -OCH3 is 1. The minimum absolute atomic E-state index is 0.142. The molecule has 0 aromatic carbocycles. The summed E-state index contributed by atoms with van der Waals surface area (Å²) in [4.78, 5) is 21.9. The Labute approximate surface area is 160 Å². The van der Waals surface area contributed by atoms with Crippen LogP contribution < -0.4 is 10.6 Å². The van der Waals surface area contributed by atoms with Crippen LogP contribution in [0.4, 0.5) is 5.69 Å². The van der Waals surface area contributed by atoms with Crippen LogP contribution in [-0.4, -0.2) is 23.0 Å². The number of carbonyl (C=O) groups excluding carboxylic acids is 1. The topological polar surface area (TPSA) is 103 Å². The van der Waals surface area contributed by atoms with E-state index in [9.17, 15) is 10.1 Å². The zero-order valence-electron chi connectivity index (χ0n) is 15.5. The summed E-state index contributed by atoms with van der Waals surface area (Å²) >= 11 is 1.38. The van der Waals surface area contributed by atoms with Gasteiger partial charge in [-0.2, -0.15) is 5.26 Å². The number of carbonyl (C=O) groups is 1. The number of anilines is 1. The minimum Gasteiger partial charge on any atom is -0.380 e. The van der Waals surface area contributed by atoms with E-state index in [1.807, 2.05) is 26.8 Å². The Bertz CT molecular complexity index is 1120. The number of nitrogens with one attached hydrogen (secondary N) is 3. The molecule has 1 atom stereocenters. The van der Waals surface area contributed by atoms with Gasteiger partial charge in [-0.25, -0.2) is 4.98 Å². The monoisotopic (exact) mass is 381 g/mol. The lowest BCUT2D eigenvalue weighted by Gasteiger charge is -2.27. The van der Waals surface area contributed by atoms with E-state index in [0.717, 1.165) is 44.0 Å². The van der Waals surface area contributed by atoms with Crippen molar-refractivity contribution in [1.82, 2.24) is 15.3 Å². The van der Waals surface area contributed by atoms with E-state index in [1.165, 1.54) is 11.3 Å². The Hall–Kier alpha value is -2.89.